The van der Waals surface area contributed by atoms with Crippen molar-refractivity contribution in [2.45, 2.75) is 44.4 Å². The number of sulfonamides is 1. The van der Waals surface area contributed by atoms with E-state index >= 15 is 0 Å². The molecule has 1 aromatic carbocycles. The maximum Gasteiger partial charge on any atom is 1.00 e. The summed E-state index contributed by atoms with van der Waals surface area (Å²) in [7, 11) is -2.09. The van der Waals surface area contributed by atoms with Crippen LogP contribution in [-0.2, 0) is 21.4 Å². The van der Waals surface area contributed by atoms with Gasteiger partial charge in [-0.2, -0.15) is 0 Å². The van der Waals surface area contributed by atoms with Gasteiger partial charge in [0.15, 0.2) is 0 Å². The van der Waals surface area contributed by atoms with Gasteiger partial charge in [0.25, 0.3) is 0 Å². The molecule has 158 valence electrons. The van der Waals surface area contributed by atoms with Gasteiger partial charge < -0.3 is 11.3 Å². The first-order valence-corrected chi connectivity index (χ1v) is 10.9. The Labute approximate surface area is 221 Å². The van der Waals surface area contributed by atoms with E-state index in [2.05, 4.69) is 9.97 Å². The number of nitrogens with zero attached hydrogens (tertiary/aromatic N) is 3. The Hall–Kier alpha value is -1.04. The number of hydrogen-bond donors (Lipinski definition) is 1. The summed E-state index contributed by atoms with van der Waals surface area (Å²) in [5, 5.41) is 9.11. The molecule has 1 aliphatic rings. The standard InChI is InChI=1S/C20H25N3O5S.K.H/c1-13(2)18(19(24)25)17-10-11-21-20(22-17)23(29(26,27)16-8-9-16)12-14-4-6-15(28-3)7-5-14;;/h4-7,10-11,13,16,18H,8-9,12H2,1-3H3,(H,24,25);;/q;+1;-1. The molecule has 1 atom stereocenters. The van der Waals surface area contributed by atoms with Gasteiger partial charge >= 0.3 is 57.4 Å². The number of anilines is 1. The van der Waals surface area contributed by atoms with Crippen molar-refractivity contribution in [1.82, 2.24) is 9.97 Å². The van der Waals surface area contributed by atoms with Gasteiger partial charge in [0.2, 0.25) is 16.0 Å². The quantitative estimate of drug-likeness (QED) is 0.523. The van der Waals surface area contributed by atoms with Gasteiger partial charge in [-0.3, -0.25) is 4.79 Å². The summed E-state index contributed by atoms with van der Waals surface area (Å²) in [5.41, 5.74) is 1.05. The van der Waals surface area contributed by atoms with Gasteiger partial charge in [0, 0.05) is 6.20 Å². The van der Waals surface area contributed by atoms with Crippen LogP contribution in [0, 0.1) is 5.92 Å². The summed E-state index contributed by atoms with van der Waals surface area (Å²) in [5.74, 6) is -1.38. The Balaban J connectivity index is 0.00000240. The molecule has 3 rings (SSSR count). The van der Waals surface area contributed by atoms with E-state index in [1.54, 1.807) is 45.2 Å². The van der Waals surface area contributed by atoms with Gasteiger partial charge in [-0.15, -0.1) is 0 Å². The Morgan fingerprint density at radius 3 is 2.40 bits per heavy atom. The summed E-state index contributed by atoms with van der Waals surface area (Å²) < 4.78 is 32.5. The minimum absolute atomic E-state index is 0. The van der Waals surface area contributed by atoms with E-state index in [0.29, 0.717) is 24.3 Å². The molecular weight excluding hydrogens is 433 g/mol. The average Bonchev–Trinajstić information content (AvgIpc) is 3.52. The summed E-state index contributed by atoms with van der Waals surface area (Å²) in [6.45, 7) is 3.64. The molecule has 1 saturated carbocycles. The second kappa shape index (κ2) is 10.5. The van der Waals surface area contributed by atoms with Crippen LogP contribution in [0.3, 0.4) is 0 Å². The smallest absolute Gasteiger partial charge is 1.00 e. The van der Waals surface area contributed by atoms with E-state index < -0.39 is 27.2 Å². The second-order valence-electron chi connectivity index (χ2n) is 7.44. The fourth-order valence-corrected chi connectivity index (χ4v) is 4.86. The maximum atomic E-state index is 13.1. The number of rotatable bonds is 9. The SMILES string of the molecule is COc1ccc(CN(c2nccc(C(C(=O)O)C(C)C)n2)S(=O)(=O)C2CC2)cc1.[H-].[K+]. The Morgan fingerprint density at radius 2 is 1.90 bits per heavy atom. The van der Waals surface area contributed by atoms with Crippen molar-refractivity contribution >= 4 is 21.9 Å². The molecular formula is C20H26KN3O5S. The molecule has 10 heteroatoms. The van der Waals surface area contributed by atoms with Crippen LogP contribution in [0.5, 0.6) is 5.75 Å². The fraction of sp³-hybridized carbons (Fsp3) is 0.450. The van der Waals surface area contributed by atoms with Crippen molar-refractivity contribution in [3.63, 3.8) is 0 Å². The normalized spacial score (nSPS) is 14.7. The molecule has 0 aliphatic heterocycles. The molecule has 1 aliphatic carbocycles. The second-order valence-corrected chi connectivity index (χ2v) is 9.58. The van der Waals surface area contributed by atoms with Crippen LogP contribution in [-0.4, -0.2) is 41.8 Å². The van der Waals surface area contributed by atoms with Gasteiger partial charge in [0.05, 0.1) is 24.6 Å². The van der Waals surface area contributed by atoms with Crippen LogP contribution in [0.2, 0.25) is 0 Å². The number of carbonyl (C=O) groups is 1. The predicted octanol–water partition coefficient (Wildman–Crippen LogP) is -0.0753. The molecule has 1 unspecified atom stereocenters. The Bertz CT molecular complexity index is 985. The van der Waals surface area contributed by atoms with Crippen molar-refractivity contribution < 1.29 is 75.9 Å². The zero-order valence-electron chi connectivity index (χ0n) is 18.6. The van der Waals surface area contributed by atoms with E-state index in [1.807, 2.05) is 0 Å². The third-order valence-electron chi connectivity index (χ3n) is 4.88. The van der Waals surface area contributed by atoms with Gasteiger partial charge in [-0.05, 0) is 42.5 Å². The average molecular weight is 460 g/mol. The molecule has 2 aromatic rings. The number of methoxy groups -OCH3 is 1. The molecule has 0 saturated heterocycles. The number of benzene rings is 1. The predicted molar refractivity (Wildman–Crippen MR) is 109 cm³/mol. The van der Waals surface area contributed by atoms with Crippen LogP contribution >= 0.6 is 0 Å². The van der Waals surface area contributed by atoms with E-state index in [9.17, 15) is 18.3 Å². The largest absolute Gasteiger partial charge is 1.00 e. The van der Waals surface area contributed by atoms with Crippen LogP contribution in [0.15, 0.2) is 36.5 Å². The number of aromatic nitrogens is 2. The molecule has 30 heavy (non-hydrogen) atoms. The van der Waals surface area contributed by atoms with Crippen LogP contribution < -0.4 is 60.4 Å². The summed E-state index contributed by atoms with van der Waals surface area (Å²) in [6.07, 6.45) is 2.62. The summed E-state index contributed by atoms with van der Waals surface area (Å²) in [4.78, 5) is 20.2. The molecule has 8 nitrogen and oxygen atoms in total. The summed E-state index contributed by atoms with van der Waals surface area (Å²) >= 11 is 0. The van der Waals surface area contributed by atoms with Crippen molar-refractivity contribution in [3.8, 4) is 5.75 Å². The summed E-state index contributed by atoms with van der Waals surface area (Å²) in [6, 6.07) is 8.61. The molecule has 1 fully saturated rings. The molecule has 1 aromatic heterocycles. The van der Waals surface area contributed by atoms with Gasteiger partial charge in [-0.25, -0.2) is 22.7 Å². The van der Waals surface area contributed by atoms with Crippen molar-refractivity contribution in [2.24, 2.45) is 5.92 Å². The van der Waals surface area contributed by atoms with Crippen molar-refractivity contribution in [3.05, 3.63) is 47.8 Å². The number of hydrogen-bond acceptors (Lipinski definition) is 6. The zero-order valence-corrected chi connectivity index (χ0v) is 21.6. The molecule has 1 heterocycles. The Kier molecular flexibility index (Phi) is 8.84. The maximum absolute atomic E-state index is 13.1. The molecule has 0 spiro atoms. The van der Waals surface area contributed by atoms with Gasteiger partial charge in [-0.1, -0.05) is 26.0 Å². The fourth-order valence-electron chi connectivity index (χ4n) is 3.13. The number of aliphatic carboxylic acids is 1. The van der Waals surface area contributed by atoms with E-state index in [-0.39, 0.29) is 71.2 Å². The number of carboxylic acid groups (broad SMARTS) is 1. The third kappa shape index (κ3) is 5.80. The van der Waals surface area contributed by atoms with E-state index in [0.717, 1.165) is 5.56 Å². The van der Waals surface area contributed by atoms with Crippen LogP contribution in [0.1, 0.15) is 45.3 Å². The minimum Gasteiger partial charge on any atom is -1.00 e. The van der Waals surface area contributed by atoms with Crippen molar-refractivity contribution in [1.29, 1.82) is 0 Å². The molecule has 1 N–H and O–H groups in total. The first-order chi connectivity index (χ1) is 13.7. The topological polar surface area (TPSA) is 110 Å². The zero-order chi connectivity index (χ0) is 21.2. The van der Waals surface area contributed by atoms with Crippen LogP contribution in [0.4, 0.5) is 5.95 Å². The molecule has 0 bridgehead atoms. The van der Waals surface area contributed by atoms with Crippen LogP contribution in [0.25, 0.3) is 0 Å². The van der Waals surface area contributed by atoms with Gasteiger partial charge in [0.1, 0.15) is 11.7 Å². The minimum atomic E-state index is -3.65. The van der Waals surface area contributed by atoms with E-state index in [1.165, 1.54) is 16.6 Å². The number of ether oxygens (including phenoxy) is 1. The first-order valence-electron chi connectivity index (χ1n) is 9.44. The molecule has 0 radical (unpaired) electrons. The third-order valence-corrected chi connectivity index (χ3v) is 7.10. The van der Waals surface area contributed by atoms with E-state index in [4.69, 9.17) is 4.74 Å². The van der Waals surface area contributed by atoms with Crippen molar-refractivity contribution in [2.75, 3.05) is 11.4 Å². The molecule has 0 amide bonds. The first kappa shape index (κ1) is 25.2. The Morgan fingerprint density at radius 1 is 1.27 bits per heavy atom. The monoisotopic (exact) mass is 459 g/mol. The number of carboxylic acids is 1.